The molecule has 7 nitrogen and oxygen atoms in total. The fourth-order valence-corrected chi connectivity index (χ4v) is 3.87. The molecule has 1 unspecified atom stereocenters. The van der Waals surface area contributed by atoms with E-state index in [-0.39, 0.29) is 18.2 Å². The van der Waals surface area contributed by atoms with Gasteiger partial charge in [-0.3, -0.25) is 4.79 Å². The van der Waals surface area contributed by atoms with E-state index in [0.29, 0.717) is 43.8 Å². The number of rotatable bonds is 6. The van der Waals surface area contributed by atoms with Gasteiger partial charge in [0.25, 0.3) is 5.91 Å². The molecule has 2 aromatic carbocycles. The highest BCUT2D eigenvalue weighted by atomic mass is 35.5. The summed E-state index contributed by atoms with van der Waals surface area (Å²) in [6, 6.07) is 14.3. The molecular weight excluding hydrogens is 449 g/mol. The largest absolute Gasteiger partial charge is 0.482 e. The first-order valence-electron chi connectivity index (χ1n) is 10.0. The summed E-state index contributed by atoms with van der Waals surface area (Å²) in [5, 5.41) is 13.5. The first-order chi connectivity index (χ1) is 15.4. The Morgan fingerprint density at radius 3 is 2.59 bits per heavy atom. The van der Waals surface area contributed by atoms with E-state index in [9.17, 15) is 10.1 Å². The van der Waals surface area contributed by atoms with Crippen LogP contribution in [0.25, 0.3) is 22.2 Å². The third-order valence-corrected chi connectivity index (χ3v) is 5.68. The Morgan fingerprint density at radius 2 is 1.94 bits per heavy atom. The molecule has 1 N–H and O–H groups in total. The molecular formula is C23H19Cl2N5O2. The number of ether oxygens (including phenoxy) is 1. The van der Waals surface area contributed by atoms with Gasteiger partial charge in [0.05, 0.1) is 16.1 Å². The lowest BCUT2D eigenvalue weighted by atomic mass is 10.2. The maximum atomic E-state index is 12.7. The average molecular weight is 468 g/mol. The molecule has 0 radical (unpaired) electrons. The Morgan fingerprint density at radius 1 is 1.22 bits per heavy atom. The summed E-state index contributed by atoms with van der Waals surface area (Å²) in [7, 11) is 0. The SMILES string of the molecule is CCC(C)n1c(NC(=O)COc2ccc(Cl)cc2Cl)c(C#N)c2nc3ccccc3nc21. The van der Waals surface area contributed by atoms with Crippen LogP contribution in [0, 0.1) is 11.3 Å². The number of carbonyl (C=O) groups is 1. The number of nitrogens with one attached hydrogen (secondary N) is 1. The van der Waals surface area contributed by atoms with Crippen LogP contribution in [0.4, 0.5) is 5.82 Å². The molecule has 9 heteroatoms. The summed E-state index contributed by atoms with van der Waals surface area (Å²) >= 11 is 12.0. The summed E-state index contributed by atoms with van der Waals surface area (Å²) in [5.41, 5.74) is 2.65. The summed E-state index contributed by atoms with van der Waals surface area (Å²) in [4.78, 5) is 22.1. The standard InChI is InChI=1S/C23H19Cl2N5O2/c1-3-13(2)30-22(29-20(31)12-32-19-9-8-14(24)10-16(19)25)15(11-26)21-23(30)28-18-7-5-4-6-17(18)27-21/h4-10,13H,3,12H2,1-2H3,(H,29,31). The van der Waals surface area contributed by atoms with Crippen molar-refractivity contribution in [2.24, 2.45) is 0 Å². The summed E-state index contributed by atoms with van der Waals surface area (Å²) in [5.74, 6) is 0.246. The van der Waals surface area contributed by atoms with Gasteiger partial charge in [0.1, 0.15) is 28.7 Å². The first-order valence-corrected chi connectivity index (χ1v) is 10.8. The molecule has 0 fully saturated rings. The lowest BCUT2D eigenvalue weighted by Gasteiger charge is -2.17. The highest BCUT2D eigenvalue weighted by Crippen LogP contribution is 2.33. The molecule has 0 saturated heterocycles. The lowest BCUT2D eigenvalue weighted by molar-refractivity contribution is -0.118. The van der Waals surface area contributed by atoms with Gasteiger partial charge in [0, 0.05) is 11.1 Å². The highest BCUT2D eigenvalue weighted by Gasteiger charge is 2.24. The van der Waals surface area contributed by atoms with Crippen molar-refractivity contribution in [3.05, 3.63) is 58.1 Å². The Balaban J connectivity index is 1.72. The van der Waals surface area contributed by atoms with Gasteiger partial charge in [-0.2, -0.15) is 5.26 Å². The monoisotopic (exact) mass is 467 g/mol. The highest BCUT2D eigenvalue weighted by molar-refractivity contribution is 6.35. The molecule has 1 atom stereocenters. The fraction of sp³-hybridized carbons (Fsp3) is 0.217. The van der Waals surface area contributed by atoms with E-state index in [2.05, 4.69) is 16.4 Å². The molecule has 0 aliphatic carbocycles. The van der Waals surface area contributed by atoms with Gasteiger partial charge < -0.3 is 14.6 Å². The number of halogens is 2. The van der Waals surface area contributed by atoms with Gasteiger partial charge in [-0.1, -0.05) is 42.3 Å². The number of aromatic nitrogens is 3. The van der Waals surface area contributed by atoms with Crippen LogP contribution in [0.2, 0.25) is 10.0 Å². The summed E-state index contributed by atoms with van der Waals surface area (Å²) in [6.07, 6.45) is 0.767. The van der Waals surface area contributed by atoms with Crippen molar-refractivity contribution in [1.82, 2.24) is 14.5 Å². The van der Waals surface area contributed by atoms with E-state index < -0.39 is 5.91 Å². The van der Waals surface area contributed by atoms with Crippen LogP contribution >= 0.6 is 23.2 Å². The number of hydrogen-bond acceptors (Lipinski definition) is 5. The maximum absolute atomic E-state index is 12.7. The number of fused-ring (bicyclic) bond motifs is 2. The predicted octanol–water partition coefficient (Wildman–Crippen LogP) is 5.75. The van der Waals surface area contributed by atoms with Crippen LogP contribution in [0.5, 0.6) is 5.75 Å². The Kier molecular flexibility index (Phi) is 6.17. The second-order valence-corrected chi connectivity index (χ2v) is 8.10. The number of anilines is 1. The molecule has 2 heterocycles. The quantitative estimate of drug-likeness (QED) is 0.389. The van der Waals surface area contributed by atoms with Gasteiger partial charge in [-0.15, -0.1) is 0 Å². The number of amides is 1. The third-order valence-electron chi connectivity index (χ3n) is 5.15. The van der Waals surface area contributed by atoms with Crippen LogP contribution in [-0.2, 0) is 4.79 Å². The average Bonchev–Trinajstić information content (AvgIpc) is 3.08. The number of carbonyl (C=O) groups excluding carboxylic acids is 1. The minimum atomic E-state index is -0.440. The van der Waals surface area contributed by atoms with E-state index in [1.165, 1.54) is 6.07 Å². The second kappa shape index (κ2) is 9.03. The van der Waals surface area contributed by atoms with Crippen LogP contribution in [0.3, 0.4) is 0 Å². The minimum Gasteiger partial charge on any atom is -0.482 e. The lowest BCUT2D eigenvalue weighted by Crippen LogP contribution is -2.23. The molecule has 4 rings (SSSR count). The van der Waals surface area contributed by atoms with Crippen molar-refractivity contribution in [2.75, 3.05) is 11.9 Å². The number of nitrogens with zero attached hydrogens (tertiary/aromatic N) is 4. The van der Waals surface area contributed by atoms with Crippen LogP contribution in [0.1, 0.15) is 31.9 Å². The van der Waals surface area contributed by atoms with Crippen LogP contribution in [-0.4, -0.2) is 27.0 Å². The molecule has 0 saturated carbocycles. The van der Waals surface area contributed by atoms with Crippen LogP contribution in [0.15, 0.2) is 42.5 Å². The second-order valence-electron chi connectivity index (χ2n) is 7.26. The van der Waals surface area contributed by atoms with E-state index in [0.717, 1.165) is 6.42 Å². The number of hydrogen-bond donors (Lipinski definition) is 1. The minimum absolute atomic E-state index is 0.0306. The molecule has 1 amide bonds. The van der Waals surface area contributed by atoms with Gasteiger partial charge in [-0.05, 0) is 43.7 Å². The van der Waals surface area contributed by atoms with Crippen molar-refractivity contribution in [1.29, 1.82) is 5.26 Å². The van der Waals surface area contributed by atoms with Crippen molar-refractivity contribution in [3.8, 4) is 11.8 Å². The van der Waals surface area contributed by atoms with Gasteiger partial charge in [-0.25, -0.2) is 9.97 Å². The zero-order valence-electron chi connectivity index (χ0n) is 17.4. The number of para-hydroxylation sites is 2. The zero-order valence-corrected chi connectivity index (χ0v) is 18.9. The predicted molar refractivity (Wildman–Crippen MR) is 125 cm³/mol. The van der Waals surface area contributed by atoms with Gasteiger partial charge in [0.15, 0.2) is 12.3 Å². The third kappa shape index (κ3) is 4.07. The molecule has 0 spiro atoms. The fourth-order valence-electron chi connectivity index (χ4n) is 3.41. The molecule has 32 heavy (non-hydrogen) atoms. The molecule has 162 valence electrons. The van der Waals surface area contributed by atoms with Crippen molar-refractivity contribution >= 4 is 57.1 Å². The maximum Gasteiger partial charge on any atom is 0.263 e. The Labute approximate surface area is 194 Å². The Bertz CT molecular complexity index is 1380. The smallest absolute Gasteiger partial charge is 0.263 e. The zero-order chi connectivity index (χ0) is 22.8. The van der Waals surface area contributed by atoms with Crippen molar-refractivity contribution in [3.63, 3.8) is 0 Å². The number of benzene rings is 2. The molecule has 0 aliphatic heterocycles. The molecule has 4 aromatic rings. The topological polar surface area (TPSA) is 92.8 Å². The molecule has 0 aliphatic rings. The van der Waals surface area contributed by atoms with Crippen molar-refractivity contribution < 1.29 is 9.53 Å². The van der Waals surface area contributed by atoms with E-state index >= 15 is 0 Å². The van der Waals surface area contributed by atoms with Gasteiger partial charge in [0.2, 0.25) is 0 Å². The first kappa shape index (κ1) is 21.9. The van der Waals surface area contributed by atoms with E-state index in [1.807, 2.05) is 42.7 Å². The summed E-state index contributed by atoms with van der Waals surface area (Å²) in [6.45, 7) is 3.72. The van der Waals surface area contributed by atoms with Crippen molar-refractivity contribution in [2.45, 2.75) is 26.3 Å². The van der Waals surface area contributed by atoms with E-state index in [4.69, 9.17) is 32.9 Å². The molecule has 2 aromatic heterocycles. The van der Waals surface area contributed by atoms with E-state index in [1.54, 1.807) is 12.1 Å². The van der Waals surface area contributed by atoms with Crippen LogP contribution < -0.4 is 10.1 Å². The molecule has 0 bridgehead atoms. The normalized spacial score (nSPS) is 12.0. The summed E-state index contributed by atoms with van der Waals surface area (Å²) < 4.78 is 7.38. The number of nitriles is 1. The Hall–Kier alpha value is -3.34. The van der Waals surface area contributed by atoms with Gasteiger partial charge >= 0.3 is 0 Å².